The lowest BCUT2D eigenvalue weighted by atomic mass is 9.94. The highest BCUT2D eigenvalue weighted by Gasteiger charge is 2.30. The average molecular weight is 443 g/mol. The van der Waals surface area contributed by atoms with Crippen molar-refractivity contribution >= 4 is 11.6 Å². The highest BCUT2D eigenvalue weighted by atomic mass is 19.1. The largest absolute Gasteiger partial charge is 0.395 e. The fourth-order valence-electron chi connectivity index (χ4n) is 4.31. The predicted octanol–water partition coefficient (Wildman–Crippen LogP) is 6.33. The van der Waals surface area contributed by atoms with Gasteiger partial charge in [-0.2, -0.15) is 0 Å². The number of nitrogens with one attached hydrogen (secondary N) is 1. The van der Waals surface area contributed by atoms with Gasteiger partial charge in [0.1, 0.15) is 5.82 Å². The molecule has 0 aliphatic carbocycles. The van der Waals surface area contributed by atoms with Crippen LogP contribution in [-0.4, -0.2) is 22.2 Å². The molecule has 0 atom stereocenters. The van der Waals surface area contributed by atoms with E-state index < -0.39 is 0 Å². The van der Waals surface area contributed by atoms with E-state index in [0.29, 0.717) is 17.8 Å². The third-order valence-corrected chi connectivity index (χ3v) is 5.61. The second-order valence-corrected chi connectivity index (χ2v) is 8.21. The van der Waals surface area contributed by atoms with Crippen LogP contribution < -0.4 is 5.32 Å². The minimum absolute atomic E-state index is 0.00438. The summed E-state index contributed by atoms with van der Waals surface area (Å²) in [5, 5.41) is 12.9. The highest BCUT2D eigenvalue weighted by molar-refractivity contribution is 6.12. The number of benzene rings is 3. The van der Waals surface area contributed by atoms with Gasteiger partial charge in [-0.15, -0.1) is 0 Å². The van der Waals surface area contributed by atoms with Crippen LogP contribution in [0.3, 0.4) is 0 Å². The van der Waals surface area contributed by atoms with Crippen molar-refractivity contribution in [3.63, 3.8) is 0 Å². The van der Waals surface area contributed by atoms with E-state index in [1.165, 1.54) is 12.1 Å². The molecule has 5 heteroatoms. The smallest absolute Gasteiger partial charge is 0.258 e. The zero-order valence-corrected chi connectivity index (χ0v) is 18.8. The van der Waals surface area contributed by atoms with Gasteiger partial charge in [-0.05, 0) is 53.4 Å². The van der Waals surface area contributed by atoms with Crippen LogP contribution in [0.1, 0.15) is 35.8 Å². The molecule has 1 amide bonds. The van der Waals surface area contributed by atoms with Crippen molar-refractivity contribution in [2.75, 3.05) is 11.9 Å². The first-order valence-corrected chi connectivity index (χ1v) is 11.1. The van der Waals surface area contributed by atoms with E-state index in [2.05, 4.69) is 5.32 Å². The Labute approximate surface area is 193 Å². The third kappa shape index (κ3) is 4.59. The molecule has 4 nitrogen and oxygen atoms in total. The summed E-state index contributed by atoms with van der Waals surface area (Å²) >= 11 is 0. The van der Waals surface area contributed by atoms with Gasteiger partial charge >= 0.3 is 0 Å². The fraction of sp³-hybridized carbons (Fsp3) is 0.179. The highest BCUT2D eigenvalue weighted by Crippen LogP contribution is 2.42. The number of anilines is 1. The van der Waals surface area contributed by atoms with Crippen molar-refractivity contribution < 1.29 is 14.3 Å². The van der Waals surface area contributed by atoms with E-state index in [-0.39, 0.29) is 24.2 Å². The van der Waals surface area contributed by atoms with Gasteiger partial charge in [0.2, 0.25) is 0 Å². The molecule has 0 radical (unpaired) electrons. The number of aromatic nitrogens is 1. The van der Waals surface area contributed by atoms with E-state index in [1.54, 1.807) is 12.1 Å². The zero-order valence-electron chi connectivity index (χ0n) is 18.8. The molecule has 3 aromatic carbocycles. The van der Waals surface area contributed by atoms with Crippen LogP contribution in [0.2, 0.25) is 0 Å². The van der Waals surface area contributed by atoms with Crippen LogP contribution in [0.15, 0.2) is 84.9 Å². The van der Waals surface area contributed by atoms with E-state index in [4.69, 9.17) is 0 Å². The second kappa shape index (κ2) is 9.84. The van der Waals surface area contributed by atoms with Gasteiger partial charge in [0.25, 0.3) is 5.91 Å². The molecule has 2 N–H and O–H groups in total. The van der Waals surface area contributed by atoms with Crippen LogP contribution in [0, 0.1) is 5.82 Å². The summed E-state index contributed by atoms with van der Waals surface area (Å²) in [4.78, 5) is 13.7. The normalized spacial score (nSPS) is 11.1. The summed E-state index contributed by atoms with van der Waals surface area (Å²) in [7, 11) is 0. The van der Waals surface area contributed by atoms with Crippen molar-refractivity contribution in [1.29, 1.82) is 0 Å². The summed E-state index contributed by atoms with van der Waals surface area (Å²) in [6.07, 6.45) is 0. The maximum atomic E-state index is 13.7. The van der Waals surface area contributed by atoms with Gasteiger partial charge in [-0.1, -0.05) is 62.4 Å². The average Bonchev–Trinajstić information content (AvgIpc) is 3.16. The molecule has 0 bridgehead atoms. The molecule has 0 aliphatic rings. The van der Waals surface area contributed by atoms with Crippen LogP contribution in [0.25, 0.3) is 22.4 Å². The number of nitrogens with zero attached hydrogens (tertiary/aromatic N) is 1. The third-order valence-electron chi connectivity index (χ3n) is 5.61. The number of aliphatic hydroxyl groups excluding tert-OH is 1. The monoisotopic (exact) mass is 442 g/mol. The first kappa shape index (κ1) is 22.5. The van der Waals surface area contributed by atoms with Crippen molar-refractivity contribution in [3.05, 3.63) is 102 Å². The molecule has 0 aliphatic heterocycles. The summed E-state index contributed by atoms with van der Waals surface area (Å²) in [6.45, 7) is 4.30. The maximum Gasteiger partial charge on any atom is 0.258 e. The second-order valence-electron chi connectivity index (χ2n) is 8.21. The molecule has 1 aromatic heterocycles. The molecule has 0 saturated heterocycles. The van der Waals surface area contributed by atoms with Gasteiger partial charge in [0.05, 0.1) is 17.9 Å². The van der Waals surface area contributed by atoms with E-state index >= 15 is 0 Å². The van der Waals surface area contributed by atoms with Crippen molar-refractivity contribution in [2.24, 2.45) is 0 Å². The molecule has 168 valence electrons. The number of para-hydroxylation sites is 1. The number of carbonyl (C=O) groups is 1. The fourth-order valence-corrected chi connectivity index (χ4v) is 4.31. The minimum Gasteiger partial charge on any atom is -0.395 e. The lowest BCUT2D eigenvalue weighted by molar-refractivity contribution is 0.102. The summed E-state index contributed by atoms with van der Waals surface area (Å²) in [6, 6.07) is 25.3. The molecule has 4 aromatic rings. The Morgan fingerprint density at radius 1 is 0.909 bits per heavy atom. The van der Waals surface area contributed by atoms with Gasteiger partial charge in [0, 0.05) is 23.5 Å². The zero-order chi connectivity index (χ0) is 23.4. The number of amides is 1. The number of rotatable bonds is 7. The predicted molar refractivity (Wildman–Crippen MR) is 131 cm³/mol. The van der Waals surface area contributed by atoms with E-state index in [0.717, 1.165) is 28.1 Å². The summed E-state index contributed by atoms with van der Waals surface area (Å²) in [5.74, 6) is -0.542. The topological polar surface area (TPSA) is 54.3 Å². The van der Waals surface area contributed by atoms with Gasteiger partial charge in [-0.3, -0.25) is 4.79 Å². The number of carbonyl (C=O) groups excluding carboxylic acids is 1. The Balaban J connectivity index is 2.04. The number of hydrogen-bond acceptors (Lipinski definition) is 2. The van der Waals surface area contributed by atoms with Crippen molar-refractivity contribution in [1.82, 2.24) is 4.57 Å². The van der Waals surface area contributed by atoms with E-state index in [1.807, 2.05) is 79.1 Å². The first-order chi connectivity index (χ1) is 16.0. The van der Waals surface area contributed by atoms with Gasteiger partial charge in [0.15, 0.2) is 0 Å². The number of halogens is 1. The van der Waals surface area contributed by atoms with Gasteiger partial charge in [-0.25, -0.2) is 4.39 Å². The minimum atomic E-state index is -0.327. The first-order valence-electron chi connectivity index (χ1n) is 11.1. The molecule has 0 spiro atoms. The summed E-state index contributed by atoms with van der Waals surface area (Å²) < 4.78 is 15.7. The molecular formula is C28H27FN2O2. The van der Waals surface area contributed by atoms with Crippen LogP contribution in [0.4, 0.5) is 10.1 Å². The van der Waals surface area contributed by atoms with E-state index in [9.17, 15) is 14.3 Å². The van der Waals surface area contributed by atoms with Crippen molar-refractivity contribution in [3.8, 4) is 22.4 Å². The Bertz CT molecular complexity index is 1230. The Hall–Kier alpha value is -3.70. The molecule has 1 heterocycles. The van der Waals surface area contributed by atoms with Gasteiger partial charge < -0.3 is 15.0 Å². The number of hydrogen-bond donors (Lipinski definition) is 2. The molecule has 0 unspecified atom stereocenters. The molecule has 0 saturated carbocycles. The quantitative estimate of drug-likeness (QED) is 0.351. The van der Waals surface area contributed by atoms with Crippen LogP contribution in [-0.2, 0) is 6.54 Å². The molecule has 0 fully saturated rings. The Kier molecular flexibility index (Phi) is 6.71. The molecule has 33 heavy (non-hydrogen) atoms. The standard InChI is InChI=1S/C28H27FN2O2/c1-19(2)26-25(28(33)30-23-11-7-4-8-12-23)24(20-9-5-3-6-10-20)27(31(26)17-18-32)21-13-15-22(29)16-14-21/h3-16,19,32H,17-18H2,1-2H3,(H,30,33). The van der Waals surface area contributed by atoms with Crippen molar-refractivity contribution in [2.45, 2.75) is 26.3 Å². The lowest BCUT2D eigenvalue weighted by Crippen LogP contribution is -2.17. The Morgan fingerprint density at radius 2 is 1.52 bits per heavy atom. The maximum absolute atomic E-state index is 13.7. The Morgan fingerprint density at radius 3 is 2.09 bits per heavy atom. The van der Waals surface area contributed by atoms with Crippen LogP contribution in [0.5, 0.6) is 0 Å². The molecule has 4 rings (SSSR count). The number of aliphatic hydroxyl groups is 1. The lowest BCUT2D eigenvalue weighted by Gasteiger charge is -2.16. The SMILES string of the molecule is CC(C)c1c(C(=O)Nc2ccccc2)c(-c2ccccc2)c(-c2ccc(F)cc2)n1CCO. The summed E-state index contributed by atoms with van der Waals surface area (Å²) in [5.41, 5.74) is 5.32. The molecular weight excluding hydrogens is 415 g/mol. The van der Waals surface area contributed by atoms with Crippen LogP contribution >= 0.6 is 0 Å².